The number of nitrogens with zero attached hydrogens (tertiary/aromatic N) is 2. The first kappa shape index (κ1) is 32.9. The number of carbonyl (C=O) groups is 5. The van der Waals surface area contributed by atoms with Crippen molar-refractivity contribution in [2.45, 2.75) is 110 Å². The van der Waals surface area contributed by atoms with E-state index in [9.17, 15) is 24.0 Å². The zero-order valence-corrected chi connectivity index (χ0v) is 26.0. The summed E-state index contributed by atoms with van der Waals surface area (Å²) in [5, 5.41) is 8.46. The summed E-state index contributed by atoms with van der Waals surface area (Å²) in [6.45, 7) is 13.2. The van der Waals surface area contributed by atoms with Gasteiger partial charge in [0.05, 0.1) is 0 Å². The van der Waals surface area contributed by atoms with Gasteiger partial charge in [0.2, 0.25) is 23.6 Å². The lowest BCUT2D eigenvalue weighted by Crippen LogP contribution is -2.61. The summed E-state index contributed by atoms with van der Waals surface area (Å²) in [6, 6.07) is 6.74. The van der Waals surface area contributed by atoms with Crippen LogP contribution in [0.5, 0.6) is 0 Å². The highest BCUT2D eigenvalue weighted by Gasteiger charge is 2.44. The molecule has 11 nitrogen and oxygen atoms in total. The molecule has 2 fully saturated rings. The predicted molar refractivity (Wildman–Crippen MR) is 159 cm³/mol. The van der Waals surface area contributed by atoms with Crippen molar-refractivity contribution in [1.29, 1.82) is 0 Å². The minimum Gasteiger partial charge on any atom is -0.444 e. The summed E-state index contributed by atoms with van der Waals surface area (Å²) in [5.41, 5.74) is -1.42. The molecule has 0 aliphatic carbocycles. The van der Waals surface area contributed by atoms with Crippen molar-refractivity contribution >= 4 is 35.4 Å². The molecule has 3 atom stereocenters. The van der Waals surface area contributed by atoms with Crippen molar-refractivity contribution in [3.05, 3.63) is 30.3 Å². The molecule has 1 aromatic carbocycles. The number of likely N-dealkylation sites (tertiary alicyclic amines) is 2. The minimum absolute atomic E-state index is 0.128. The Morgan fingerprint density at radius 2 is 1.50 bits per heavy atom. The van der Waals surface area contributed by atoms with Crippen LogP contribution in [-0.4, -0.2) is 81.9 Å². The van der Waals surface area contributed by atoms with E-state index in [1.807, 2.05) is 32.0 Å². The van der Waals surface area contributed by atoms with Gasteiger partial charge < -0.3 is 25.6 Å². The van der Waals surface area contributed by atoms with Gasteiger partial charge in [-0.1, -0.05) is 32.0 Å². The highest BCUT2D eigenvalue weighted by atomic mass is 16.6. The summed E-state index contributed by atoms with van der Waals surface area (Å²) in [6.07, 6.45) is 2.12. The second kappa shape index (κ2) is 13.6. The number of ether oxygens (including phenoxy) is 1. The van der Waals surface area contributed by atoms with Gasteiger partial charge in [0, 0.05) is 18.8 Å². The van der Waals surface area contributed by atoms with E-state index in [0.717, 1.165) is 0 Å². The highest BCUT2D eigenvalue weighted by molar-refractivity contribution is 6.00. The molecule has 2 heterocycles. The van der Waals surface area contributed by atoms with Crippen LogP contribution in [0.15, 0.2) is 30.3 Å². The monoisotopic (exact) mass is 585 g/mol. The molecule has 5 amide bonds. The molecule has 2 saturated heterocycles. The Morgan fingerprint density at radius 1 is 0.905 bits per heavy atom. The number of nitrogens with one attached hydrogen (secondary N) is 3. The van der Waals surface area contributed by atoms with Gasteiger partial charge in [-0.15, -0.1) is 0 Å². The van der Waals surface area contributed by atoms with Gasteiger partial charge in [0.25, 0.3) is 0 Å². The molecule has 11 heteroatoms. The maximum absolute atomic E-state index is 13.6. The van der Waals surface area contributed by atoms with Gasteiger partial charge in [-0.2, -0.15) is 0 Å². The molecular weight excluding hydrogens is 538 g/mol. The van der Waals surface area contributed by atoms with Crippen LogP contribution < -0.4 is 16.0 Å². The molecule has 2 aliphatic rings. The van der Waals surface area contributed by atoms with Crippen LogP contribution in [0, 0.1) is 5.92 Å². The van der Waals surface area contributed by atoms with Crippen LogP contribution in [0.2, 0.25) is 0 Å². The van der Waals surface area contributed by atoms with Gasteiger partial charge in [0.1, 0.15) is 29.3 Å². The quantitative estimate of drug-likeness (QED) is 0.406. The minimum atomic E-state index is -1.35. The van der Waals surface area contributed by atoms with E-state index in [1.54, 1.807) is 46.8 Å². The topological polar surface area (TPSA) is 137 Å². The molecule has 2 aliphatic heterocycles. The van der Waals surface area contributed by atoms with E-state index >= 15 is 0 Å². The maximum atomic E-state index is 13.6. The smallest absolute Gasteiger partial charge is 0.410 e. The van der Waals surface area contributed by atoms with Crippen LogP contribution in [0.1, 0.15) is 80.6 Å². The summed E-state index contributed by atoms with van der Waals surface area (Å²) in [5.74, 6) is -1.45. The molecule has 0 aromatic heterocycles. The van der Waals surface area contributed by atoms with Gasteiger partial charge in [-0.25, -0.2) is 4.79 Å². The van der Waals surface area contributed by atoms with Gasteiger partial charge in [-0.05, 0) is 84.8 Å². The van der Waals surface area contributed by atoms with Crippen molar-refractivity contribution in [2.75, 3.05) is 18.4 Å². The Hall–Kier alpha value is -3.63. The lowest BCUT2D eigenvalue weighted by atomic mass is 9.99. The number of hydrogen-bond donors (Lipinski definition) is 3. The Labute approximate surface area is 249 Å². The number of rotatable bonds is 9. The van der Waals surface area contributed by atoms with Crippen LogP contribution in [0.3, 0.4) is 0 Å². The van der Waals surface area contributed by atoms with Crippen molar-refractivity contribution in [1.82, 2.24) is 20.4 Å². The van der Waals surface area contributed by atoms with E-state index < -0.39 is 47.2 Å². The number of hydrogen-bond acceptors (Lipinski definition) is 6. The largest absolute Gasteiger partial charge is 0.444 e. The van der Waals surface area contributed by atoms with E-state index in [2.05, 4.69) is 16.0 Å². The molecule has 1 unspecified atom stereocenters. The van der Waals surface area contributed by atoms with Crippen LogP contribution >= 0.6 is 0 Å². The predicted octanol–water partition coefficient (Wildman–Crippen LogP) is 3.44. The summed E-state index contributed by atoms with van der Waals surface area (Å²) in [7, 11) is 0. The number of amides is 5. The van der Waals surface area contributed by atoms with E-state index in [1.165, 1.54) is 9.80 Å². The van der Waals surface area contributed by atoms with E-state index in [-0.39, 0.29) is 17.7 Å². The molecule has 0 spiro atoms. The van der Waals surface area contributed by atoms with Gasteiger partial charge in [0.15, 0.2) is 0 Å². The van der Waals surface area contributed by atoms with Crippen molar-refractivity contribution < 1.29 is 28.7 Å². The normalized spacial score (nSPS) is 19.8. The fraction of sp³-hybridized carbons (Fsp3) is 0.645. The number of benzene rings is 1. The zero-order valence-electron chi connectivity index (χ0n) is 26.0. The second-order valence-electron chi connectivity index (χ2n) is 13.1. The lowest BCUT2D eigenvalue weighted by Gasteiger charge is -2.34. The van der Waals surface area contributed by atoms with Crippen molar-refractivity contribution in [3.63, 3.8) is 0 Å². The first-order valence-corrected chi connectivity index (χ1v) is 14.9. The fourth-order valence-corrected chi connectivity index (χ4v) is 5.30. The molecule has 3 rings (SSSR count). The Kier molecular flexibility index (Phi) is 10.6. The maximum Gasteiger partial charge on any atom is 0.410 e. The standard InChI is InChI=1S/C31H47N5O6/c1-20(2)19-22(25(37)32-21-13-9-8-10-14-21)33-28(40)31(6,7)34-26(38)23-15-11-17-35(23)27(39)24-16-12-18-36(24)29(41)42-30(3,4)5/h8-10,13-14,20,22-24H,11-12,15-19H2,1-7H3,(H,32,37)(H,33,40)(H,34,38)/t22-,23?,24-/m0/s1. The second-order valence-corrected chi connectivity index (χ2v) is 13.1. The average molecular weight is 586 g/mol. The number of para-hydroxylation sites is 1. The third-order valence-electron chi connectivity index (χ3n) is 7.38. The first-order chi connectivity index (χ1) is 19.6. The SMILES string of the molecule is CC(C)C[C@H](NC(=O)C(C)(C)NC(=O)C1CCCN1C(=O)[C@@H]1CCCN1C(=O)OC(C)(C)C)C(=O)Nc1ccccc1. The van der Waals surface area contributed by atoms with Crippen molar-refractivity contribution in [3.8, 4) is 0 Å². The zero-order chi connectivity index (χ0) is 31.2. The van der Waals surface area contributed by atoms with Crippen LogP contribution in [0.4, 0.5) is 10.5 Å². The molecule has 0 bridgehead atoms. The van der Waals surface area contributed by atoms with Gasteiger partial charge in [-0.3, -0.25) is 24.1 Å². The molecule has 0 radical (unpaired) electrons. The third kappa shape index (κ3) is 8.69. The highest BCUT2D eigenvalue weighted by Crippen LogP contribution is 2.27. The Bertz CT molecular complexity index is 1150. The van der Waals surface area contributed by atoms with Crippen molar-refractivity contribution in [2.24, 2.45) is 5.92 Å². The summed E-state index contributed by atoms with van der Waals surface area (Å²) >= 11 is 0. The molecule has 232 valence electrons. The average Bonchev–Trinajstić information content (AvgIpc) is 3.57. The number of carbonyl (C=O) groups excluding carboxylic acids is 5. The molecular formula is C31H47N5O6. The summed E-state index contributed by atoms with van der Waals surface area (Å²) in [4.78, 5) is 69.2. The molecule has 42 heavy (non-hydrogen) atoms. The molecule has 3 N–H and O–H groups in total. The van der Waals surface area contributed by atoms with Crippen LogP contribution in [-0.2, 0) is 23.9 Å². The van der Waals surface area contributed by atoms with E-state index in [4.69, 9.17) is 4.74 Å². The fourth-order valence-electron chi connectivity index (χ4n) is 5.30. The van der Waals surface area contributed by atoms with Crippen LogP contribution in [0.25, 0.3) is 0 Å². The molecule has 0 saturated carbocycles. The third-order valence-corrected chi connectivity index (χ3v) is 7.38. The summed E-state index contributed by atoms with van der Waals surface area (Å²) < 4.78 is 5.50. The number of anilines is 1. The Balaban J connectivity index is 1.66. The Morgan fingerprint density at radius 3 is 2.10 bits per heavy atom. The molecule has 1 aromatic rings. The van der Waals surface area contributed by atoms with Gasteiger partial charge >= 0.3 is 6.09 Å². The lowest BCUT2D eigenvalue weighted by molar-refractivity contribution is -0.143. The first-order valence-electron chi connectivity index (χ1n) is 14.9. The van der Waals surface area contributed by atoms with E-state index in [0.29, 0.717) is 50.9 Å².